The quantitative estimate of drug-likeness (QED) is 0.0861. The van der Waals surface area contributed by atoms with Crippen LogP contribution in [-0.2, 0) is 26.5 Å². The smallest absolute Gasteiger partial charge is 0.429 e. The summed E-state index contributed by atoms with van der Waals surface area (Å²) in [5, 5.41) is 0. The summed E-state index contributed by atoms with van der Waals surface area (Å²) in [7, 11) is 1.53. The molecule has 0 amide bonds. The number of alkyl halides is 5. The highest BCUT2D eigenvalue weighted by molar-refractivity contribution is 5.71. The van der Waals surface area contributed by atoms with Gasteiger partial charge in [-0.25, -0.2) is 22.0 Å². The molecule has 0 saturated heterocycles. The zero-order valence-electron chi connectivity index (χ0n) is 24.0. The van der Waals surface area contributed by atoms with Gasteiger partial charge in [-0.3, -0.25) is 0 Å². The van der Waals surface area contributed by atoms with Crippen LogP contribution in [0.2, 0.25) is 0 Å². The van der Waals surface area contributed by atoms with Crippen LogP contribution in [0.4, 0.5) is 43.9 Å². The molecule has 0 saturated carbocycles. The van der Waals surface area contributed by atoms with Crippen molar-refractivity contribution in [2.45, 2.75) is 25.5 Å². The Bertz CT molecular complexity index is 1630. The normalized spacial score (nSPS) is 12.8. The third kappa shape index (κ3) is 7.80. The van der Waals surface area contributed by atoms with E-state index in [0.29, 0.717) is 42.0 Å². The van der Waals surface area contributed by atoms with Crippen LogP contribution in [0.25, 0.3) is 22.3 Å². The Hall–Kier alpha value is -4.14. The lowest BCUT2D eigenvalue weighted by atomic mass is 9.97. The fourth-order valence-electron chi connectivity index (χ4n) is 4.48. The van der Waals surface area contributed by atoms with E-state index >= 15 is 4.39 Å². The first-order valence-electron chi connectivity index (χ1n) is 13.4. The average molecular weight is 663 g/mol. The van der Waals surface area contributed by atoms with Gasteiger partial charge in [0, 0.05) is 37.0 Å². The standard InChI is InChI=1S/C32H24F10O4/c1-3-44-30(45-11-10-43-2)18-6-4-17(5-7-18)19-8-9-22(23(33)12-19)20-13-24(34)29(25(35)14-20)32(41,42)46-21-15-26(36)28(27(37)16-21)31(38,39)40/h4-9,12-16,30H,3,10-11H2,1-2H3. The minimum atomic E-state index is -5.49. The number of methoxy groups -OCH3 is 1. The van der Waals surface area contributed by atoms with Crippen LogP contribution in [0.5, 0.6) is 5.75 Å². The lowest BCUT2D eigenvalue weighted by Crippen LogP contribution is -2.25. The molecule has 4 aromatic carbocycles. The van der Waals surface area contributed by atoms with Crippen LogP contribution >= 0.6 is 0 Å². The summed E-state index contributed by atoms with van der Waals surface area (Å²) in [5.74, 6) is -10.9. The van der Waals surface area contributed by atoms with E-state index in [4.69, 9.17) is 14.2 Å². The van der Waals surface area contributed by atoms with Crippen molar-refractivity contribution in [1.29, 1.82) is 0 Å². The van der Waals surface area contributed by atoms with E-state index in [9.17, 15) is 39.5 Å². The highest BCUT2D eigenvalue weighted by atomic mass is 19.4. The predicted octanol–water partition coefficient (Wildman–Crippen LogP) is 9.56. The number of hydrogen-bond donors (Lipinski definition) is 0. The highest BCUT2D eigenvalue weighted by Gasteiger charge is 2.43. The molecule has 0 bridgehead atoms. The fourth-order valence-corrected chi connectivity index (χ4v) is 4.48. The predicted molar refractivity (Wildman–Crippen MR) is 145 cm³/mol. The average Bonchev–Trinajstić information content (AvgIpc) is 2.95. The Balaban J connectivity index is 1.57. The highest BCUT2D eigenvalue weighted by Crippen LogP contribution is 2.40. The molecule has 0 aliphatic rings. The molecule has 1 unspecified atom stereocenters. The van der Waals surface area contributed by atoms with Gasteiger partial charge in [-0.2, -0.15) is 22.0 Å². The minimum Gasteiger partial charge on any atom is -0.429 e. The molecule has 1 atom stereocenters. The molecule has 4 aromatic rings. The van der Waals surface area contributed by atoms with Gasteiger partial charge in [0.15, 0.2) is 6.29 Å². The molecule has 46 heavy (non-hydrogen) atoms. The molecule has 0 aromatic heterocycles. The Morgan fingerprint density at radius 1 is 0.609 bits per heavy atom. The first-order chi connectivity index (χ1) is 21.7. The van der Waals surface area contributed by atoms with E-state index in [1.165, 1.54) is 19.2 Å². The van der Waals surface area contributed by atoms with E-state index in [2.05, 4.69) is 4.74 Å². The maximum Gasteiger partial charge on any atom is 0.432 e. The molecule has 0 fully saturated rings. The molecule has 14 heteroatoms. The summed E-state index contributed by atoms with van der Waals surface area (Å²) in [6.07, 6.45) is -11.1. The molecule has 0 aliphatic carbocycles. The van der Waals surface area contributed by atoms with Gasteiger partial charge in [0.05, 0.1) is 13.2 Å². The second kappa shape index (κ2) is 14.1. The number of hydrogen-bond acceptors (Lipinski definition) is 4. The first kappa shape index (κ1) is 34.7. The number of rotatable bonds is 12. The SMILES string of the molecule is CCOC(OCCOC)c1ccc(-c2ccc(-c3cc(F)c(C(F)(F)Oc4cc(F)c(C(F)(F)F)c(F)c4)c(F)c3)c(F)c2)cc1. The van der Waals surface area contributed by atoms with E-state index in [0.717, 1.165) is 6.07 Å². The summed E-state index contributed by atoms with van der Waals surface area (Å²) < 4.78 is 161. The summed E-state index contributed by atoms with van der Waals surface area (Å²) in [6.45, 7) is 2.80. The monoisotopic (exact) mass is 662 g/mol. The van der Waals surface area contributed by atoms with E-state index in [-0.39, 0.29) is 24.3 Å². The Morgan fingerprint density at radius 2 is 1.15 bits per heavy atom. The zero-order valence-corrected chi connectivity index (χ0v) is 24.0. The third-order valence-electron chi connectivity index (χ3n) is 6.55. The number of benzene rings is 4. The molecular weight excluding hydrogens is 638 g/mol. The maximum atomic E-state index is 15.2. The van der Waals surface area contributed by atoms with Gasteiger partial charge in [-0.1, -0.05) is 36.4 Å². The van der Waals surface area contributed by atoms with Crippen molar-refractivity contribution in [3.05, 3.63) is 113 Å². The summed E-state index contributed by atoms with van der Waals surface area (Å²) in [6, 6.07) is 10.8. The van der Waals surface area contributed by atoms with Crippen LogP contribution in [0.3, 0.4) is 0 Å². The van der Waals surface area contributed by atoms with Crippen molar-refractivity contribution in [3.8, 4) is 28.0 Å². The number of halogens is 10. The molecule has 0 heterocycles. The molecule has 0 aliphatic heterocycles. The van der Waals surface area contributed by atoms with Crippen molar-refractivity contribution in [1.82, 2.24) is 0 Å². The largest absolute Gasteiger partial charge is 0.432 e. The lowest BCUT2D eigenvalue weighted by Gasteiger charge is -2.21. The van der Waals surface area contributed by atoms with Crippen LogP contribution in [0.1, 0.15) is 29.9 Å². The van der Waals surface area contributed by atoms with Gasteiger partial charge in [0.25, 0.3) is 0 Å². The van der Waals surface area contributed by atoms with Crippen molar-refractivity contribution >= 4 is 0 Å². The van der Waals surface area contributed by atoms with Gasteiger partial charge >= 0.3 is 12.3 Å². The van der Waals surface area contributed by atoms with Gasteiger partial charge in [0.1, 0.15) is 46.0 Å². The van der Waals surface area contributed by atoms with Crippen LogP contribution in [-0.4, -0.2) is 26.9 Å². The summed E-state index contributed by atoms with van der Waals surface area (Å²) >= 11 is 0. The van der Waals surface area contributed by atoms with Gasteiger partial charge in [-0.15, -0.1) is 0 Å². The lowest BCUT2D eigenvalue weighted by molar-refractivity contribution is -0.189. The van der Waals surface area contributed by atoms with Crippen molar-refractivity contribution < 1.29 is 62.9 Å². The first-order valence-corrected chi connectivity index (χ1v) is 13.4. The Morgan fingerprint density at radius 3 is 1.67 bits per heavy atom. The van der Waals surface area contributed by atoms with E-state index in [1.54, 1.807) is 31.2 Å². The molecule has 0 radical (unpaired) electrons. The zero-order chi connectivity index (χ0) is 33.8. The number of ether oxygens (including phenoxy) is 4. The van der Waals surface area contributed by atoms with Gasteiger partial charge < -0.3 is 18.9 Å². The molecule has 246 valence electrons. The maximum absolute atomic E-state index is 15.2. The van der Waals surface area contributed by atoms with Crippen LogP contribution < -0.4 is 4.74 Å². The van der Waals surface area contributed by atoms with Crippen LogP contribution in [0, 0.1) is 29.1 Å². The summed E-state index contributed by atoms with van der Waals surface area (Å²) in [5.41, 5.74) is -3.62. The van der Waals surface area contributed by atoms with Crippen LogP contribution in [0.15, 0.2) is 66.7 Å². The Labute approximate surface area is 256 Å². The van der Waals surface area contributed by atoms with Crippen molar-refractivity contribution in [2.75, 3.05) is 26.9 Å². The fraction of sp³-hybridized carbons (Fsp3) is 0.250. The van der Waals surface area contributed by atoms with Gasteiger partial charge in [0.2, 0.25) is 0 Å². The molecule has 4 nitrogen and oxygen atoms in total. The summed E-state index contributed by atoms with van der Waals surface area (Å²) in [4.78, 5) is 0. The molecule has 0 N–H and O–H groups in total. The second-order valence-electron chi connectivity index (χ2n) is 9.66. The van der Waals surface area contributed by atoms with Crippen molar-refractivity contribution in [2.24, 2.45) is 0 Å². The van der Waals surface area contributed by atoms with Crippen molar-refractivity contribution in [3.63, 3.8) is 0 Å². The molecule has 0 spiro atoms. The Kier molecular flexibility index (Phi) is 10.6. The van der Waals surface area contributed by atoms with E-state index < -0.39 is 70.1 Å². The third-order valence-corrected chi connectivity index (χ3v) is 6.55. The topological polar surface area (TPSA) is 36.9 Å². The van der Waals surface area contributed by atoms with E-state index in [1.807, 2.05) is 0 Å². The molecular formula is C32H24F10O4. The molecule has 4 rings (SSSR count). The second-order valence-corrected chi connectivity index (χ2v) is 9.66. The minimum absolute atomic E-state index is 0.206. The van der Waals surface area contributed by atoms with Gasteiger partial charge in [-0.05, 0) is 41.8 Å².